The van der Waals surface area contributed by atoms with Gasteiger partial charge >= 0.3 is 5.97 Å². The average Bonchev–Trinajstić information content (AvgIpc) is 2.60. The highest BCUT2D eigenvalue weighted by Gasteiger charge is 2.12. The molecule has 0 fully saturated rings. The van der Waals surface area contributed by atoms with Gasteiger partial charge in [0.1, 0.15) is 6.61 Å². The number of hydrogen-bond donors (Lipinski definition) is 2. The van der Waals surface area contributed by atoms with Crippen molar-refractivity contribution in [3.05, 3.63) is 52.5 Å². The Balaban J connectivity index is 2.18. The van der Waals surface area contributed by atoms with Crippen molar-refractivity contribution < 1.29 is 19.4 Å². The maximum Gasteiger partial charge on any atom is 0.335 e. The summed E-state index contributed by atoms with van der Waals surface area (Å²) in [6.07, 6.45) is 5.22. The number of carbonyl (C=O) groups is 1. The molecule has 2 aromatic rings. The van der Waals surface area contributed by atoms with Gasteiger partial charge in [-0.3, -0.25) is 0 Å². The van der Waals surface area contributed by atoms with Gasteiger partial charge in [-0.05, 0) is 42.8 Å². The molecule has 2 N–H and O–H groups in total. The van der Waals surface area contributed by atoms with Crippen LogP contribution >= 0.6 is 11.6 Å². The predicted octanol–water partition coefficient (Wildman–Crippen LogP) is 4.06. The quantitative estimate of drug-likeness (QED) is 0.696. The number of nitrogens with one attached hydrogen (secondary N) is 1. The summed E-state index contributed by atoms with van der Waals surface area (Å²) >= 11 is 6.28. The van der Waals surface area contributed by atoms with Crippen LogP contribution in [-0.4, -0.2) is 24.3 Å². The number of rotatable bonds is 8. The summed E-state index contributed by atoms with van der Waals surface area (Å²) in [6.45, 7) is 2.86. The number of halogens is 1. The minimum atomic E-state index is -0.972. The van der Waals surface area contributed by atoms with Gasteiger partial charge in [0.05, 0.1) is 17.2 Å². The van der Waals surface area contributed by atoms with Crippen molar-refractivity contribution in [3.8, 4) is 23.8 Å². The van der Waals surface area contributed by atoms with Crippen LogP contribution in [0.5, 0.6) is 11.5 Å². The molecule has 25 heavy (non-hydrogen) atoms. The molecule has 0 aliphatic rings. The fourth-order valence-corrected chi connectivity index (χ4v) is 2.49. The SMILES string of the molecule is C#CCOc1c(Cl)cc(CNc2cccc(C(=O)O)c2)cc1OCC. The molecule has 6 heteroatoms. The lowest BCUT2D eigenvalue weighted by Gasteiger charge is -2.15. The van der Waals surface area contributed by atoms with E-state index in [9.17, 15) is 4.79 Å². The van der Waals surface area contributed by atoms with Crippen LogP contribution in [0.15, 0.2) is 36.4 Å². The number of carboxylic acid groups (broad SMARTS) is 1. The second-order valence-corrected chi connectivity index (χ2v) is 5.48. The minimum absolute atomic E-state index is 0.0966. The standard InChI is InChI=1S/C19H18ClNO4/c1-3-8-25-18-16(20)9-13(10-17(18)24-4-2)12-21-15-7-5-6-14(11-15)19(22)23/h1,5-7,9-11,21H,4,8,12H2,2H3,(H,22,23). The van der Waals surface area contributed by atoms with Crippen LogP contribution in [0.25, 0.3) is 0 Å². The molecule has 0 radical (unpaired) electrons. The van der Waals surface area contributed by atoms with Crippen molar-refractivity contribution in [3.63, 3.8) is 0 Å². The van der Waals surface area contributed by atoms with Crippen molar-refractivity contribution in [2.24, 2.45) is 0 Å². The van der Waals surface area contributed by atoms with Gasteiger partial charge in [-0.25, -0.2) is 4.79 Å². The van der Waals surface area contributed by atoms with Crippen molar-refractivity contribution in [2.75, 3.05) is 18.5 Å². The highest BCUT2D eigenvalue weighted by Crippen LogP contribution is 2.36. The molecule has 0 atom stereocenters. The highest BCUT2D eigenvalue weighted by molar-refractivity contribution is 6.32. The van der Waals surface area contributed by atoms with Gasteiger partial charge < -0.3 is 19.9 Å². The van der Waals surface area contributed by atoms with Gasteiger partial charge in [-0.1, -0.05) is 23.6 Å². The topological polar surface area (TPSA) is 67.8 Å². The van der Waals surface area contributed by atoms with Gasteiger partial charge in [-0.15, -0.1) is 6.42 Å². The number of ether oxygens (including phenoxy) is 2. The Kier molecular flexibility index (Phi) is 6.55. The molecule has 0 spiro atoms. The number of aromatic carboxylic acids is 1. The molecule has 0 amide bonds. The highest BCUT2D eigenvalue weighted by atomic mass is 35.5. The smallest absolute Gasteiger partial charge is 0.335 e. The van der Waals surface area contributed by atoms with E-state index in [1.54, 1.807) is 24.3 Å². The summed E-state index contributed by atoms with van der Waals surface area (Å²) in [5.41, 5.74) is 1.78. The lowest BCUT2D eigenvalue weighted by Crippen LogP contribution is -2.04. The molecule has 0 saturated carbocycles. The van der Waals surface area contributed by atoms with Crippen LogP contribution in [0.2, 0.25) is 5.02 Å². The fourth-order valence-electron chi connectivity index (χ4n) is 2.21. The second-order valence-electron chi connectivity index (χ2n) is 5.07. The number of hydrogen-bond acceptors (Lipinski definition) is 4. The molecule has 0 aliphatic heterocycles. The van der Waals surface area contributed by atoms with Crippen LogP contribution in [0.4, 0.5) is 5.69 Å². The predicted molar refractivity (Wildman–Crippen MR) is 97.7 cm³/mol. The molecule has 0 aromatic heterocycles. The first-order chi connectivity index (χ1) is 12.0. The Morgan fingerprint density at radius 2 is 2.12 bits per heavy atom. The van der Waals surface area contributed by atoms with E-state index < -0.39 is 5.97 Å². The van der Waals surface area contributed by atoms with Crippen molar-refractivity contribution in [1.29, 1.82) is 0 Å². The molecule has 130 valence electrons. The second kappa shape index (κ2) is 8.86. The van der Waals surface area contributed by atoms with E-state index in [1.807, 2.05) is 13.0 Å². The molecule has 2 rings (SSSR count). The molecule has 0 saturated heterocycles. The van der Waals surface area contributed by atoms with Crippen LogP contribution in [0, 0.1) is 12.3 Å². The van der Waals surface area contributed by atoms with E-state index in [4.69, 9.17) is 32.6 Å². The average molecular weight is 360 g/mol. The third-order valence-corrected chi connectivity index (χ3v) is 3.56. The molecule has 0 bridgehead atoms. The van der Waals surface area contributed by atoms with E-state index in [0.29, 0.717) is 35.4 Å². The molecule has 0 aliphatic carbocycles. The Morgan fingerprint density at radius 1 is 1.32 bits per heavy atom. The fraction of sp³-hybridized carbons (Fsp3) is 0.211. The third kappa shape index (κ3) is 5.07. The van der Waals surface area contributed by atoms with Gasteiger partial charge in [0.15, 0.2) is 11.5 Å². The van der Waals surface area contributed by atoms with Crippen LogP contribution in [-0.2, 0) is 6.54 Å². The first-order valence-electron chi connectivity index (χ1n) is 7.63. The number of anilines is 1. The van der Waals surface area contributed by atoms with Gasteiger partial charge in [0, 0.05) is 12.2 Å². The van der Waals surface area contributed by atoms with E-state index >= 15 is 0 Å². The van der Waals surface area contributed by atoms with E-state index in [-0.39, 0.29) is 12.2 Å². The summed E-state index contributed by atoms with van der Waals surface area (Å²) < 4.78 is 11.0. The maximum atomic E-state index is 11.0. The van der Waals surface area contributed by atoms with E-state index in [1.165, 1.54) is 6.07 Å². The van der Waals surface area contributed by atoms with Crippen molar-refractivity contribution in [2.45, 2.75) is 13.5 Å². The first kappa shape index (κ1) is 18.5. The lowest BCUT2D eigenvalue weighted by molar-refractivity contribution is 0.0697. The van der Waals surface area contributed by atoms with Crippen LogP contribution < -0.4 is 14.8 Å². The number of benzene rings is 2. The summed E-state index contributed by atoms with van der Waals surface area (Å²) in [7, 11) is 0. The molecule has 5 nitrogen and oxygen atoms in total. The summed E-state index contributed by atoms with van der Waals surface area (Å²) in [4.78, 5) is 11.0. The van der Waals surface area contributed by atoms with Gasteiger partial charge in [0.25, 0.3) is 0 Å². The third-order valence-electron chi connectivity index (χ3n) is 3.28. The maximum absolute atomic E-state index is 11.0. The van der Waals surface area contributed by atoms with Crippen LogP contribution in [0.1, 0.15) is 22.8 Å². The Hall–Kier alpha value is -2.84. The molecule has 2 aromatic carbocycles. The molecular weight excluding hydrogens is 342 g/mol. The number of terminal acetylenes is 1. The molecule has 0 heterocycles. The molecular formula is C19H18ClNO4. The normalized spacial score (nSPS) is 9.96. The minimum Gasteiger partial charge on any atom is -0.490 e. The Labute approximate surface area is 151 Å². The van der Waals surface area contributed by atoms with E-state index in [0.717, 1.165) is 5.56 Å². The lowest BCUT2D eigenvalue weighted by atomic mass is 10.1. The zero-order valence-electron chi connectivity index (χ0n) is 13.7. The summed E-state index contributed by atoms with van der Waals surface area (Å²) in [5.74, 6) is 2.35. The van der Waals surface area contributed by atoms with Crippen molar-refractivity contribution >= 4 is 23.3 Å². The van der Waals surface area contributed by atoms with Crippen LogP contribution in [0.3, 0.4) is 0 Å². The number of carboxylic acids is 1. The molecule has 0 unspecified atom stereocenters. The Bertz CT molecular complexity index is 798. The Morgan fingerprint density at radius 3 is 2.80 bits per heavy atom. The van der Waals surface area contributed by atoms with E-state index in [2.05, 4.69) is 11.2 Å². The van der Waals surface area contributed by atoms with Gasteiger partial charge in [0.2, 0.25) is 0 Å². The van der Waals surface area contributed by atoms with Crippen molar-refractivity contribution in [1.82, 2.24) is 0 Å². The summed E-state index contributed by atoms with van der Waals surface area (Å²) in [5, 5.41) is 12.6. The first-order valence-corrected chi connectivity index (χ1v) is 8.01. The van der Waals surface area contributed by atoms with Gasteiger partial charge in [-0.2, -0.15) is 0 Å². The monoisotopic (exact) mass is 359 g/mol. The zero-order chi connectivity index (χ0) is 18.2. The summed E-state index contributed by atoms with van der Waals surface area (Å²) in [6, 6.07) is 10.1. The zero-order valence-corrected chi connectivity index (χ0v) is 14.5. The largest absolute Gasteiger partial charge is 0.490 e.